The Morgan fingerprint density at radius 1 is 1.00 bits per heavy atom. The first-order chi connectivity index (χ1) is 12.8. The summed E-state index contributed by atoms with van der Waals surface area (Å²) in [7, 11) is 1.74. The van der Waals surface area contributed by atoms with E-state index in [4.69, 9.17) is 24.6 Å². The molecule has 0 spiro atoms. The second-order valence-electron chi connectivity index (χ2n) is 7.17. The van der Waals surface area contributed by atoms with Crippen molar-refractivity contribution in [1.82, 2.24) is 14.9 Å². The van der Waals surface area contributed by atoms with Crippen LogP contribution < -0.4 is 0 Å². The molecule has 28 heavy (non-hydrogen) atoms. The highest BCUT2D eigenvalue weighted by atomic mass is 16.7. The number of aliphatic carboxylic acids is 2. The predicted molar refractivity (Wildman–Crippen MR) is 99.9 cm³/mol. The fourth-order valence-corrected chi connectivity index (χ4v) is 1.69. The fourth-order valence-electron chi connectivity index (χ4n) is 1.69. The molecule has 1 heterocycles. The SMILES string of the molecule is CC(=O)N(C)CC#CCN1CCN(OC(=O)C(C)(C)C)CC1.O=C(O)C(=O)O. The Kier molecular flexibility index (Phi) is 10.8. The van der Waals surface area contributed by atoms with Crippen molar-refractivity contribution in [3.63, 3.8) is 0 Å². The van der Waals surface area contributed by atoms with Crippen LogP contribution >= 0.6 is 0 Å². The first-order valence-electron chi connectivity index (χ1n) is 8.68. The van der Waals surface area contributed by atoms with Crippen LogP contribution in [0.3, 0.4) is 0 Å². The zero-order chi connectivity index (χ0) is 21.9. The zero-order valence-corrected chi connectivity index (χ0v) is 17.0. The lowest BCUT2D eigenvalue weighted by atomic mass is 9.98. The first-order valence-corrected chi connectivity index (χ1v) is 8.68. The molecule has 158 valence electrons. The van der Waals surface area contributed by atoms with Gasteiger partial charge in [0.15, 0.2) is 0 Å². The average Bonchev–Trinajstić information content (AvgIpc) is 2.59. The van der Waals surface area contributed by atoms with E-state index in [9.17, 15) is 9.59 Å². The number of piperazine rings is 1. The van der Waals surface area contributed by atoms with Gasteiger partial charge < -0.3 is 20.0 Å². The van der Waals surface area contributed by atoms with Crippen LogP contribution in [0.25, 0.3) is 0 Å². The monoisotopic (exact) mass is 399 g/mol. The van der Waals surface area contributed by atoms with Gasteiger partial charge in [-0.1, -0.05) is 11.8 Å². The van der Waals surface area contributed by atoms with Gasteiger partial charge in [0.1, 0.15) is 0 Å². The second-order valence-corrected chi connectivity index (χ2v) is 7.17. The lowest BCUT2D eigenvalue weighted by Gasteiger charge is -2.33. The molecule has 0 atom stereocenters. The molecule has 1 amide bonds. The molecule has 0 radical (unpaired) electrons. The summed E-state index contributed by atoms with van der Waals surface area (Å²) >= 11 is 0. The van der Waals surface area contributed by atoms with E-state index >= 15 is 0 Å². The summed E-state index contributed by atoms with van der Waals surface area (Å²) in [5.74, 6) is 2.24. The summed E-state index contributed by atoms with van der Waals surface area (Å²) in [4.78, 5) is 50.2. The van der Waals surface area contributed by atoms with Crippen molar-refractivity contribution in [2.45, 2.75) is 27.7 Å². The van der Waals surface area contributed by atoms with Crippen LogP contribution in [0.5, 0.6) is 0 Å². The number of nitrogens with zero attached hydrogens (tertiary/aromatic N) is 3. The Bertz CT molecular complexity index is 611. The first kappa shape index (κ1) is 25.4. The highest BCUT2D eigenvalue weighted by Crippen LogP contribution is 2.16. The summed E-state index contributed by atoms with van der Waals surface area (Å²) in [6.07, 6.45) is 0. The van der Waals surface area contributed by atoms with Gasteiger partial charge in [-0.05, 0) is 20.8 Å². The van der Waals surface area contributed by atoms with E-state index in [1.807, 2.05) is 20.8 Å². The third-order valence-electron chi connectivity index (χ3n) is 3.62. The lowest BCUT2D eigenvalue weighted by Crippen LogP contribution is -2.48. The standard InChI is InChI=1S/C16H27N3O3.C2H2O4/c1-14(20)17(5)8-6-7-9-18-10-12-19(13-11-18)22-15(21)16(2,3)4;3-1(4)2(5)6/h8-13H2,1-5H3;(H,3,4)(H,5,6). The minimum absolute atomic E-state index is 0.0172. The molecule has 0 unspecified atom stereocenters. The van der Waals surface area contributed by atoms with E-state index in [-0.39, 0.29) is 11.9 Å². The van der Waals surface area contributed by atoms with Crippen molar-refractivity contribution in [2.24, 2.45) is 5.41 Å². The van der Waals surface area contributed by atoms with Crippen LogP contribution in [-0.2, 0) is 24.0 Å². The molecule has 1 aliphatic rings. The highest BCUT2D eigenvalue weighted by molar-refractivity contribution is 6.27. The van der Waals surface area contributed by atoms with Crippen molar-refractivity contribution >= 4 is 23.8 Å². The van der Waals surface area contributed by atoms with Crippen LogP contribution in [0.15, 0.2) is 0 Å². The summed E-state index contributed by atoms with van der Waals surface area (Å²) in [5.41, 5.74) is -0.481. The summed E-state index contributed by atoms with van der Waals surface area (Å²) in [5, 5.41) is 16.5. The summed E-state index contributed by atoms with van der Waals surface area (Å²) in [6, 6.07) is 0. The Labute approximate surface area is 165 Å². The molecule has 0 aliphatic carbocycles. The number of hydrogen-bond donors (Lipinski definition) is 2. The van der Waals surface area contributed by atoms with Crippen molar-refractivity contribution in [1.29, 1.82) is 0 Å². The van der Waals surface area contributed by atoms with Gasteiger partial charge in [-0.15, -0.1) is 5.06 Å². The van der Waals surface area contributed by atoms with E-state index in [1.165, 1.54) is 6.92 Å². The van der Waals surface area contributed by atoms with Gasteiger partial charge in [0.05, 0.1) is 18.5 Å². The molecular formula is C18H29N3O7. The number of carbonyl (C=O) groups is 4. The summed E-state index contributed by atoms with van der Waals surface area (Å²) < 4.78 is 0. The molecule has 2 N–H and O–H groups in total. The number of hydroxylamine groups is 2. The van der Waals surface area contributed by atoms with Gasteiger partial charge in [-0.25, -0.2) is 14.4 Å². The van der Waals surface area contributed by atoms with Crippen LogP contribution in [-0.4, -0.2) is 95.2 Å². The number of carboxylic acids is 2. The van der Waals surface area contributed by atoms with Gasteiger partial charge in [0.25, 0.3) is 0 Å². The fraction of sp³-hybridized carbons (Fsp3) is 0.667. The topological polar surface area (TPSA) is 128 Å². The van der Waals surface area contributed by atoms with Crippen molar-refractivity contribution < 1.29 is 34.2 Å². The normalized spacial score (nSPS) is 14.6. The second kappa shape index (κ2) is 11.9. The number of carbonyl (C=O) groups excluding carboxylic acids is 2. The van der Waals surface area contributed by atoms with E-state index in [1.54, 1.807) is 17.0 Å². The minimum Gasteiger partial charge on any atom is -0.473 e. The van der Waals surface area contributed by atoms with E-state index in [0.29, 0.717) is 26.2 Å². The molecule has 0 saturated carbocycles. The molecule has 10 nitrogen and oxygen atoms in total. The molecule has 0 bridgehead atoms. The van der Waals surface area contributed by atoms with Gasteiger partial charge in [-0.3, -0.25) is 9.69 Å². The molecule has 1 saturated heterocycles. The maximum absolute atomic E-state index is 11.8. The maximum atomic E-state index is 11.8. The third kappa shape index (κ3) is 11.2. The van der Waals surface area contributed by atoms with E-state index < -0.39 is 17.4 Å². The van der Waals surface area contributed by atoms with Gasteiger partial charge in [-0.2, -0.15) is 0 Å². The summed E-state index contributed by atoms with van der Waals surface area (Å²) in [6.45, 7) is 11.2. The van der Waals surface area contributed by atoms with E-state index in [2.05, 4.69) is 16.7 Å². The number of hydrogen-bond acceptors (Lipinski definition) is 7. The van der Waals surface area contributed by atoms with Crippen LogP contribution in [0.2, 0.25) is 0 Å². The van der Waals surface area contributed by atoms with Gasteiger partial charge >= 0.3 is 17.9 Å². The van der Waals surface area contributed by atoms with Crippen molar-refractivity contribution in [3.8, 4) is 11.8 Å². The Balaban J connectivity index is 0.00000105. The number of amides is 1. The molecule has 0 aromatic heterocycles. The van der Waals surface area contributed by atoms with E-state index in [0.717, 1.165) is 13.1 Å². The quantitative estimate of drug-likeness (QED) is 0.487. The van der Waals surface area contributed by atoms with Crippen molar-refractivity contribution in [2.75, 3.05) is 46.3 Å². The molecule has 1 fully saturated rings. The van der Waals surface area contributed by atoms with Crippen LogP contribution in [0.4, 0.5) is 0 Å². The minimum atomic E-state index is -1.82. The smallest absolute Gasteiger partial charge is 0.414 e. The molecule has 1 rings (SSSR count). The maximum Gasteiger partial charge on any atom is 0.414 e. The van der Waals surface area contributed by atoms with Crippen molar-refractivity contribution in [3.05, 3.63) is 0 Å². The Hall–Kier alpha value is -2.64. The molecule has 0 aromatic rings. The zero-order valence-electron chi connectivity index (χ0n) is 17.0. The average molecular weight is 399 g/mol. The van der Waals surface area contributed by atoms with Gasteiger partial charge in [0.2, 0.25) is 5.91 Å². The van der Waals surface area contributed by atoms with Crippen LogP contribution in [0.1, 0.15) is 27.7 Å². The Morgan fingerprint density at radius 2 is 1.50 bits per heavy atom. The van der Waals surface area contributed by atoms with Gasteiger partial charge in [0, 0.05) is 40.2 Å². The largest absolute Gasteiger partial charge is 0.473 e. The predicted octanol–water partition coefficient (Wildman–Crippen LogP) is -0.254. The Morgan fingerprint density at radius 3 is 1.89 bits per heavy atom. The molecule has 1 aliphatic heterocycles. The number of carboxylic acid groups (broad SMARTS) is 2. The molecule has 0 aromatic carbocycles. The molecular weight excluding hydrogens is 370 g/mol. The molecule has 10 heteroatoms. The highest BCUT2D eigenvalue weighted by Gasteiger charge is 2.27. The third-order valence-corrected chi connectivity index (χ3v) is 3.62. The number of rotatable bonds is 3. The van der Waals surface area contributed by atoms with Crippen LogP contribution in [0, 0.1) is 17.3 Å². The lowest BCUT2D eigenvalue weighted by molar-refractivity contribution is -0.206.